The van der Waals surface area contributed by atoms with E-state index in [1.165, 1.54) is 7.11 Å². The van der Waals surface area contributed by atoms with Crippen LogP contribution >= 0.6 is 0 Å². The number of carbonyl (C=O) groups excluding carboxylic acids is 2. The smallest absolute Gasteiger partial charge is 0.410 e. The van der Waals surface area contributed by atoms with Crippen LogP contribution in [0, 0.1) is 0 Å². The molecule has 0 aromatic heterocycles. The van der Waals surface area contributed by atoms with E-state index in [9.17, 15) is 9.59 Å². The molecular weight excluding hydrogens is 396 g/mol. The van der Waals surface area contributed by atoms with Crippen LogP contribution in [0.4, 0.5) is 10.5 Å². The summed E-state index contributed by atoms with van der Waals surface area (Å²) in [6.07, 6.45) is 0.162. The van der Waals surface area contributed by atoms with Crippen molar-refractivity contribution in [3.8, 4) is 0 Å². The highest BCUT2D eigenvalue weighted by molar-refractivity contribution is 5.95. The summed E-state index contributed by atoms with van der Waals surface area (Å²) in [5.74, 6) is -0.151. The molecule has 2 amide bonds. The van der Waals surface area contributed by atoms with Gasteiger partial charge < -0.3 is 24.0 Å². The van der Waals surface area contributed by atoms with Crippen LogP contribution in [0.2, 0.25) is 0 Å². The summed E-state index contributed by atoms with van der Waals surface area (Å²) in [7, 11) is 3.11. The molecule has 1 fully saturated rings. The molecule has 7 heteroatoms. The molecule has 1 aliphatic rings. The molecule has 0 spiro atoms. The number of benzene rings is 2. The summed E-state index contributed by atoms with van der Waals surface area (Å²) in [6.45, 7) is 2.87. The topological polar surface area (TPSA) is 68.3 Å². The Labute approximate surface area is 183 Å². The van der Waals surface area contributed by atoms with Gasteiger partial charge in [-0.05, 0) is 31.0 Å². The van der Waals surface area contributed by atoms with Crippen molar-refractivity contribution in [3.63, 3.8) is 0 Å². The van der Waals surface area contributed by atoms with E-state index < -0.39 is 5.60 Å². The predicted molar refractivity (Wildman–Crippen MR) is 118 cm³/mol. The second-order valence-corrected chi connectivity index (χ2v) is 7.82. The predicted octanol–water partition coefficient (Wildman–Crippen LogP) is 3.48. The number of hydrogen-bond acceptors (Lipinski definition) is 5. The van der Waals surface area contributed by atoms with E-state index in [0.717, 1.165) is 11.3 Å². The lowest BCUT2D eigenvalue weighted by Gasteiger charge is -2.49. The third-order valence-corrected chi connectivity index (χ3v) is 5.69. The first-order valence-electron chi connectivity index (χ1n) is 10.4. The molecule has 2 aromatic rings. The van der Waals surface area contributed by atoms with Gasteiger partial charge in [0.2, 0.25) is 0 Å². The molecule has 0 bridgehead atoms. The molecule has 1 saturated heterocycles. The minimum absolute atomic E-state index is 0.0337. The summed E-state index contributed by atoms with van der Waals surface area (Å²) >= 11 is 0. The first-order valence-corrected chi connectivity index (χ1v) is 10.4. The second-order valence-electron chi connectivity index (χ2n) is 7.82. The van der Waals surface area contributed by atoms with Gasteiger partial charge in [0.1, 0.15) is 18.8 Å². The first-order chi connectivity index (χ1) is 15.0. The van der Waals surface area contributed by atoms with Gasteiger partial charge in [-0.2, -0.15) is 0 Å². The molecule has 2 atom stereocenters. The van der Waals surface area contributed by atoms with Crippen molar-refractivity contribution >= 4 is 17.7 Å². The Morgan fingerprint density at radius 2 is 1.71 bits per heavy atom. The van der Waals surface area contributed by atoms with Crippen LogP contribution in [-0.4, -0.2) is 62.5 Å². The number of piperidine rings is 1. The second kappa shape index (κ2) is 10.4. The van der Waals surface area contributed by atoms with E-state index in [2.05, 4.69) is 0 Å². The van der Waals surface area contributed by atoms with Gasteiger partial charge in [0, 0.05) is 26.5 Å². The van der Waals surface area contributed by atoms with Crippen molar-refractivity contribution in [3.05, 3.63) is 66.2 Å². The lowest BCUT2D eigenvalue weighted by molar-refractivity contribution is -0.126. The quantitative estimate of drug-likeness (QED) is 0.678. The van der Waals surface area contributed by atoms with Crippen LogP contribution in [-0.2, 0) is 25.6 Å². The molecule has 2 aromatic carbocycles. The van der Waals surface area contributed by atoms with Gasteiger partial charge >= 0.3 is 6.09 Å². The highest BCUT2D eigenvalue weighted by Gasteiger charge is 2.46. The Kier molecular flexibility index (Phi) is 7.65. The first kappa shape index (κ1) is 22.8. The van der Waals surface area contributed by atoms with E-state index in [-0.39, 0.29) is 31.3 Å². The Balaban J connectivity index is 1.75. The number of carbonyl (C=O) groups is 2. The molecule has 31 heavy (non-hydrogen) atoms. The van der Waals surface area contributed by atoms with Crippen LogP contribution in [0.1, 0.15) is 18.9 Å². The van der Waals surface area contributed by atoms with E-state index in [4.69, 9.17) is 14.2 Å². The van der Waals surface area contributed by atoms with Gasteiger partial charge in [0.15, 0.2) is 0 Å². The van der Waals surface area contributed by atoms with Crippen molar-refractivity contribution in [2.24, 2.45) is 0 Å². The van der Waals surface area contributed by atoms with E-state index in [1.54, 1.807) is 16.9 Å². The lowest BCUT2D eigenvalue weighted by Crippen LogP contribution is -2.64. The number of rotatable bonds is 7. The van der Waals surface area contributed by atoms with Crippen molar-refractivity contribution in [1.29, 1.82) is 0 Å². The Bertz CT molecular complexity index is 861. The minimum atomic E-state index is -0.775. The van der Waals surface area contributed by atoms with Crippen molar-refractivity contribution in [2.45, 2.75) is 31.6 Å². The fourth-order valence-electron chi connectivity index (χ4n) is 4.00. The molecule has 0 unspecified atom stereocenters. The summed E-state index contributed by atoms with van der Waals surface area (Å²) in [5.41, 5.74) is 0.932. The zero-order valence-corrected chi connectivity index (χ0v) is 18.3. The SMILES string of the molecule is COCC(=O)N(c1ccccc1)[C@@H]1CCN(C(=O)OCc2ccccc2)C[C@]1(C)OC. The molecule has 7 nitrogen and oxygen atoms in total. The highest BCUT2D eigenvalue weighted by Crippen LogP contribution is 2.33. The van der Waals surface area contributed by atoms with Gasteiger partial charge in [0.25, 0.3) is 5.91 Å². The summed E-state index contributed by atoms with van der Waals surface area (Å²) in [6, 6.07) is 18.8. The average molecular weight is 427 g/mol. The van der Waals surface area contributed by atoms with Crippen molar-refractivity contribution in [1.82, 2.24) is 4.90 Å². The summed E-state index contributed by atoms with van der Waals surface area (Å²) < 4.78 is 16.5. The molecule has 0 N–H and O–H groups in total. The van der Waals surface area contributed by atoms with Crippen LogP contribution in [0.25, 0.3) is 0 Å². The standard InChI is InChI=1S/C24H30N2O5/c1-24(30-3)18-25(23(28)31-16-19-10-6-4-7-11-19)15-14-21(24)26(22(27)17-29-2)20-12-8-5-9-13-20/h4-13,21H,14-18H2,1-3H3/t21-,24+/m1/s1. The maximum atomic E-state index is 13.0. The van der Waals surface area contributed by atoms with Crippen molar-refractivity contribution in [2.75, 3.05) is 38.8 Å². The number of methoxy groups -OCH3 is 2. The average Bonchev–Trinajstić information content (AvgIpc) is 2.80. The Morgan fingerprint density at radius 3 is 2.32 bits per heavy atom. The molecule has 166 valence electrons. The number of nitrogens with zero attached hydrogens (tertiary/aromatic N) is 2. The number of para-hydroxylation sites is 1. The molecule has 0 saturated carbocycles. The molecule has 0 radical (unpaired) electrons. The number of amides is 2. The molecule has 0 aliphatic carbocycles. The summed E-state index contributed by atoms with van der Waals surface area (Å²) in [4.78, 5) is 29.0. The third kappa shape index (κ3) is 5.42. The maximum absolute atomic E-state index is 13.0. The van der Waals surface area contributed by atoms with Crippen LogP contribution in [0.15, 0.2) is 60.7 Å². The number of anilines is 1. The van der Waals surface area contributed by atoms with E-state index in [0.29, 0.717) is 19.5 Å². The molecular formula is C24H30N2O5. The number of likely N-dealkylation sites (tertiary alicyclic amines) is 1. The fourth-order valence-corrected chi connectivity index (χ4v) is 4.00. The van der Waals surface area contributed by atoms with Gasteiger partial charge in [-0.15, -0.1) is 0 Å². The maximum Gasteiger partial charge on any atom is 0.410 e. The van der Waals surface area contributed by atoms with Crippen LogP contribution in [0.5, 0.6) is 0 Å². The largest absolute Gasteiger partial charge is 0.445 e. The van der Waals surface area contributed by atoms with Crippen LogP contribution in [0.3, 0.4) is 0 Å². The lowest BCUT2D eigenvalue weighted by atomic mass is 9.87. The molecule has 3 rings (SSSR count). The van der Waals surface area contributed by atoms with Gasteiger partial charge in [-0.25, -0.2) is 4.79 Å². The molecule has 1 heterocycles. The Hall–Kier alpha value is -2.90. The number of hydrogen-bond donors (Lipinski definition) is 0. The van der Waals surface area contributed by atoms with E-state index in [1.807, 2.05) is 67.6 Å². The monoisotopic (exact) mass is 426 g/mol. The minimum Gasteiger partial charge on any atom is -0.445 e. The molecule has 1 aliphatic heterocycles. The zero-order chi connectivity index (χ0) is 22.3. The Morgan fingerprint density at radius 1 is 1.06 bits per heavy atom. The third-order valence-electron chi connectivity index (χ3n) is 5.69. The summed E-state index contributed by atoms with van der Waals surface area (Å²) in [5, 5.41) is 0. The zero-order valence-electron chi connectivity index (χ0n) is 18.3. The van der Waals surface area contributed by atoms with Crippen molar-refractivity contribution < 1.29 is 23.8 Å². The van der Waals surface area contributed by atoms with Gasteiger partial charge in [0.05, 0.1) is 12.6 Å². The highest BCUT2D eigenvalue weighted by atomic mass is 16.6. The van der Waals surface area contributed by atoms with Gasteiger partial charge in [-0.3, -0.25) is 4.79 Å². The normalized spacial score (nSPS) is 20.9. The van der Waals surface area contributed by atoms with Gasteiger partial charge in [-0.1, -0.05) is 48.5 Å². The fraction of sp³-hybridized carbons (Fsp3) is 0.417. The number of ether oxygens (including phenoxy) is 3. The van der Waals surface area contributed by atoms with E-state index >= 15 is 0 Å². The van der Waals surface area contributed by atoms with Crippen LogP contribution < -0.4 is 4.90 Å².